The molecule has 0 aliphatic heterocycles. The standard InChI is InChI=1S/C12H12N2O3/c1-9(15)17-7-6-12(16)14-8-13-10-4-2-3-5-11(10)14/h2-5,8H,6-7H2,1H3. The van der Waals surface area contributed by atoms with Gasteiger partial charge in [0.05, 0.1) is 17.5 Å². The number of esters is 1. The van der Waals surface area contributed by atoms with Gasteiger partial charge in [0.15, 0.2) is 0 Å². The highest BCUT2D eigenvalue weighted by Gasteiger charge is 2.09. The SMILES string of the molecule is CC(=O)OCCC(=O)n1cnc2ccccc21. The lowest BCUT2D eigenvalue weighted by Crippen LogP contribution is -2.13. The number of hydrogen-bond acceptors (Lipinski definition) is 4. The molecule has 5 nitrogen and oxygen atoms in total. The van der Waals surface area contributed by atoms with Gasteiger partial charge in [-0.05, 0) is 12.1 Å². The van der Waals surface area contributed by atoms with E-state index in [0.29, 0.717) is 0 Å². The average molecular weight is 232 g/mol. The number of fused-ring (bicyclic) bond motifs is 1. The molecule has 0 bridgehead atoms. The molecule has 88 valence electrons. The van der Waals surface area contributed by atoms with Gasteiger partial charge in [0.1, 0.15) is 12.9 Å². The van der Waals surface area contributed by atoms with E-state index in [-0.39, 0.29) is 24.9 Å². The highest BCUT2D eigenvalue weighted by molar-refractivity contribution is 5.90. The van der Waals surface area contributed by atoms with Crippen LogP contribution in [0.3, 0.4) is 0 Å². The Labute approximate surface area is 98.0 Å². The maximum Gasteiger partial charge on any atom is 0.302 e. The Morgan fingerprint density at radius 1 is 1.35 bits per heavy atom. The van der Waals surface area contributed by atoms with Crippen LogP contribution in [0, 0.1) is 0 Å². The van der Waals surface area contributed by atoms with Crippen LogP contribution in [0.5, 0.6) is 0 Å². The van der Waals surface area contributed by atoms with Gasteiger partial charge in [-0.15, -0.1) is 0 Å². The van der Waals surface area contributed by atoms with Crippen molar-refractivity contribution >= 4 is 22.9 Å². The number of carbonyl (C=O) groups is 2. The van der Waals surface area contributed by atoms with Crippen molar-refractivity contribution in [3.63, 3.8) is 0 Å². The van der Waals surface area contributed by atoms with Crippen LogP contribution >= 0.6 is 0 Å². The second-order valence-electron chi connectivity index (χ2n) is 3.59. The molecule has 0 N–H and O–H groups in total. The fourth-order valence-corrected chi connectivity index (χ4v) is 1.56. The Bertz CT molecular complexity index is 560. The van der Waals surface area contributed by atoms with Gasteiger partial charge in [-0.3, -0.25) is 14.2 Å². The number of aromatic nitrogens is 2. The molecule has 2 aromatic rings. The minimum atomic E-state index is -0.381. The summed E-state index contributed by atoms with van der Waals surface area (Å²) in [5.74, 6) is -0.520. The fraction of sp³-hybridized carbons (Fsp3) is 0.250. The zero-order chi connectivity index (χ0) is 12.3. The normalized spacial score (nSPS) is 10.4. The number of imidazole rings is 1. The minimum Gasteiger partial charge on any atom is -0.465 e. The summed E-state index contributed by atoms with van der Waals surface area (Å²) in [5.41, 5.74) is 1.54. The first-order chi connectivity index (χ1) is 8.18. The van der Waals surface area contributed by atoms with E-state index in [2.05, 4.69) is 4.98 Å². The van der Waals surface area contributed by atoms with Gasteiger partial charge < -0.3 is 4.74 Å². The van der Waals surface area contributed by atoms with Crippen LogP contribution in [0.4, 0.5) is 0 Å². The van der Waals surface area contributed by atoms with Gasteiger partial charge in [-0.2, -0.15) is 0 Å². The van der Waals surface area contributed by atoms with Crippen LogP contribution in [0.1, 0.15) is 18.1 Å². The third-order valence-electron chi connectivity index (χ3n) is 2.34. The molecule has 0 saturated heterocycles. The van der Waals surface area contributed by atoms with E-state index in [1.807, 2.05) is 24.3 Å². The summed E-state index contributed by atoms with van der Waals surface area (Å²) in [5, 5.41) is 0. The van der Waals surface area contributed by atoms with Gasteiger partial charge >= 0.3 is 5.97 Å². The van der Waals surface area contributed by atoms with Crippen LogP contribution < -0.4 is 0 Å². The van der Waals surface area contributed by atoms with Crippen molar-refractivity contribution in [2.75, 3.05) is 6.61 Å². The summed E-state index contributed by atoms with van der Waals surface area (Å²) < 4.78 is 6.20. The van der Waals surface area contributed by atoms with Crippen LogP contribution in [0.15, 0.2) is 30.6 Å². The predicted molar refractivity (Wildman–Crippen MR) is 61.6 cm³/mol. The van der Waals surface area contributed by atoms with Crippen LogP contribution in [-0.2, 0) is 9.53 Å². The zero-order valence-corrected chi connectivity index (χ0v) is 9.42. The summed E-state index contributed by atoms with van der Waals surface area (Å²) >= 11 is 0. The van der Waals surface area contributed by atoms with Crippen molar-refractivity contribution in [1.82, 2.24) is 9.55 Å². The number of ether oxygens (including phenoxy) is 1. The fourth-order valence-electron chi connectivity index (χ4n) is 1.56. The van der Waals surface area contributed by atoms with Crippen molar-refractivity contribution in [3.05, 3.63) is 30.6 Å². The number of benzene rings is 1. The Hall–Kier alpha value is -2.17. The number of hydrogen-bond donors (Lipinski definition) is 0. The lowest BCUT2D eigenvalue weighted by molar-refractivity contribution is -0.140. The molecular formula is C12H12N2O3. The number of para-hydroxylation sites is 2. The van der Waals surface area contributed by atoms with Crippen molar-refractivity contribution < 1.29 is 14.3 Å². The Balaban J connectivity index is 2.11. The molecule has 0 radical (unpaired) electrons. The van der Waals surface area contributed by atoms with Crippen molar-refractivity contribution in [2.45, 2.75) is 13.3 Å². The number of carbonyl (C=O) groups excluding carboxylic acids is 2. The maximum atomic E-state index is 11.8. The van der Waals surface area contributed by atoms with Crippen LogP contribution in [0.25, 0.3) is 11.0 Å². The molecule has 0 aliphatic rings. The molecule has 17 heavy (non-hydrogen) atoms. The lowest BCUT2D eigenvalue weighted by atomic mass is 10.3. The molecule has 0 aliphatic carbocycles. The largest absolute Gasteiger partial charge is 0.465 e. The van der Waals surface area contributed by atoms with Gasteiger partial charge in [0.25, 0.3) is 0 Å². The highest BCUT2D eigenvalue weighted by Crippen LogP contribution is 2.12. The smallest absolute Gasteiger partial charge is 0.302 e. The van der Waals surface area contributed by atoms with E-state index < -0.39 is 0 Å². The van der Waals surface area contributed by atoms with E-state index in [1.165, 1.54) is 17.8 Å². The Kier molecular flexibility index (Phi) is 3.18. The summed E-state index contributed by atoms with van der Waals surface area (Å²) in [7, 11) is 0. The summed E-state index contributed by atoms with van der Waals surface area (Å²) in [6.45, 7) is 1.41. The molecule has 0 atom stereocenters. The molecule has 1 aromatic heterocycles. The molecule has 2 rings (SSSR count). The second-order valence-corrected chi connectivity index (χ2v) is 3.59. The number of rotatable bonds is 3. The lowest BCUT2D eigenvalue weighted by Gasteiger charge is -2.03. The first-order valence-corrected chi connectivity index (χ1v) is 5.27. The maximum absolute atomic E-state index is 11.8. The summed E-state index contributed by atoms with van der Waals surface area (Å²) in [6.07, 6.45) is 1.64. The molecule has 0 fully saturated rings. The molecular weight excluding hydrogens is 220 g/mol. The van der Waals surface area contributed by atoms with Gasteiger partial charge in [0.2, 0.25) is 5.91 Å². The minimum absolute atomic E-state index is 0.0979. The monoisotopic (exact) mass is 232 g/mol. The van der Waals surface area contributed by atoms with E-state index in [0.717, 1.165) is 11.0 Å². The molecule has 0 saturated carbocycles. The van der Waals surface area contributed by atoms with Gasteiger partial charge in [-0.1, -0.05) is 12.1 Å². The second kappa shape index (κ2) is 4.78. The van der Waals surface area contributed by atoms with Crippen molar-refractivity contribution in [2.24, 2.45) is 0 Å². The van der Waals surface area contributed by atoms with Gasteiger partial charge in [-0.25, -0.2) is 4.98 Å². The quantitative estimate of drug-likeness (QED) is 0.754. The topological polar surface area (TPSA) is 61.2 Å². The van der Waals surface area contributed by atoms with E-state index in [4.69, 9.17) is 4.74 Å². The van der Waals surface area contributed by atoms with E-state index in [1.54, 1.807) is 0 Å². The first kappa shape index (κ1) is 11.3. The molecule has 5 heteroatoms. The third-order valence-corrected chi connectivity index (χ3v) is 2.34. The van der Waals surface area contributed by atoms with Crippen LogP contribution in [0.2, 0.25) is 0 Å². The zero-order valence-electron chi connectivity index (χ0n) is 9.42. The van der Waals surface area contributed by atoms with Crippen molar-refractivity contribution in [3.8, 4) is 0 Å². The average Bonchev–Trinajstić information content (AvgIpc) is 2.72. The summed E-state index contributed by atoms with van der Waals surface area (Å²) in [4.78, 5) is 26.5. The molecule has 0 unspecified atom stereocenters. The summed E-state index contributed by atoms with van der Waals surface area (Å²) in [6, 6.07) is 7.38. The van der Waals surface area contributed by atoms with Crippen molar-refractivity contribution in [1.29, 1.82) is 0 Å². The molecule has 1 aromatic carbocycles. The molecule has 1 heterocycles. The molecule has 0 amide bonds. The van der Waals surface area contributed by atoms with Gasteiger partial charge in [0, 0.05) is 6.92 Å². The predicted octanol–water partition coefficient (Wildman–Crippen LogP) is 1.63. The van der Waals surface area contributed by atoms with E-state index >= 15 is 0 Å². The Morgan fingerprint density at radius 3 is 2.88 bits per heavy atom. The van der Waals surface area contributed by atoms with E-state index in [9.17, 15) is 9.59 Å². The first-order valence-electron chi connectivity index (χ1n) is 5.27. The highest BCUT2D eigenvalue weighted by atomic mass is 16.5. The molecule has 0 spiro atoms. The number of nitrogens with zero attached hydrogens (tertiary/aromatic N) is 2. The van der Waals surface area contributed by atoms with Crippen LogP contribution in [-0.4, -0.2) is 28.0 Å². The Morgan fingerprint density at radius 2 is 2.12 bits per heavy atom. The third kappa shape index (κ3) is 2.50.